The van der Waals surface area contributed by atoms with Crippen molar-refractivity contribution in [3.63, 3.8) is 0 Å². The molecular weight excluding hydrogens is 458 g/mol. The molecule has 2 aliphatic heterocycles. The van der Waals surface area contributed by atoms with Crippen LogP contribution in [0.2, 0.25) is 5.02 Å². The van der Waals surface area contributed by atoms with Crippen molar-refractivity contribution in [1.29, 1.82) is 0 Å². The van der Waals surface area contributed by atoms with Crippen molar-refractivity contribution in [2.45, 2.75) is 45.6 Å². The van der Waals surface area contributed by atoms with Crippen LogP contribution in [0.1, 0.15) is 39.3 Å². The molecule has 2 aromatic carbocycles. The van der Waals surface area contributed by atoms with Crippen LogP contribution in [0.5, 0.6) is 0 Å². The van der Waals surface area contributed by atoms with Crippen LogP contribution in [-0.4, -0.2) is 45.4 Å². The van der Waals surface area contributed by atoms with Crippen molar-refractivity contribution in [1.82, 2.24) is 4.90 Å². The number of halogens is 1. The fourth-order valence-electron chi connectivity index (χ4n) is 4.51. The number of hydrogen-bond acceptors (Lipinski definition) is 7. The zero-order valence-electron chi connectivity index (χ0n) is 19.2. The largest absolute Gasteiger partial charge is 0.463 e. The minimum atomic E-state index is -1.43. The third-order valence-corrected chi connectivity index (χ3v) is 7.12. The van der Waals surface area contributed by atoms with Gasteiger partial charge >= 0.3 is 5.97 Å². The van der Waals surface area contributed by atoms with Crippen molar-refractivity contribution < 1.29 is 14.6 Å². The molecule has 2 heterocycles. The van der Waals surface area contributed by atoms with Crippen molar-refractivity contribution >= 4 is 40.2 Å². The number of hydrogen-bond donors (Lipinski definition) is 1. The van der Waals surface area contributed by atoms with Gasteiger partial charge in [0.1, 0.15) is 0 Å². The number of para-hydroxylation sites is 1. The van der Waals surface area contributed by atoms with Gasteiger partial charge < -0.3 is 14.7 Å². The molecule has 0 radical (unpaired) electrons. The SMILES string of the molecule is CCOC(=O)C1=C(C)N=C2SC[C@](O)(N(c3ccccc3)C(C)C)N2[C@@H]1c1ccc(Cl)cc1. The highest BCUT2D eigenvalue weighted by molar-refractivity contribution is 8.14. The summed E-state index contributed by atoms with van der Waals surface area (Å²) in [5.41, 5.74) is 2.72. The molecule has 6 nitrogen and oxygen atoms in total. The van der Waals surface area contributed by atoms with Gasteiger partial charge in [-0.1, -0.05) is 53.7 Å². The number of aliphatic imine (C=N–C) groups is 1. The molecule has 0 aromatic heterocycles. The predicted octanol–water partition coefficient (Wildman–Crippen LogP) is 5.20. The van der Waals surface area contributed by atoms with Gasteiger partial charge in [-0.25, -0.2) is 9.79 Å². The Morgan fingerprint density at radius 2 is 1.94 bits per heavy atom. The quantitative estimate of drug-likeness (QED) is 0.448. The number of benzene rings is 2. The van der Waals surface area contributed by atoms with E-state index in [4.69, 9.17) is 21.3 Å². The molecule has 2 atom stereocenters. The second kappa shape index (κ2) is 9.41. The number of esters is 1. The zero-order chi connectivity index (χ0) is 23.8. The lowest BCUT2D eigenvalue weighted by Gasteiger charge is -2.50. The summed E-state index contributed by atoms with van der Waals surface area (Å²) < 4.78 is 5.42. The number of thioether (sulfide) groups is 1. The molecule has 33 heavy (non-hydrogen) atoms. The summed E-state index contributed by atoms with van der Waals surface area (Å²) in [6.07, 6.45) is 0. The second-order valence-electron chi connectivity index (χ2n) is 8.30. The molecular formula is C25H28ClN3O3S. The fraction of sp³-hybridized carbons (Fsp3) is 0.360. The van der Waals surface area contributed by atoms with Crippen LogP contribution in [0.15, 0.2) is 70.9 Å². The highest BCUT2D eigenvalue weighted by Gasteiger charge is 2.55. The molecule has 174 valence electrons. The Kier molecular flexibility index (Phi) is 6.75. The highest BCUT2D eigenvalue weighted by Crippen LogP contribution is 2.48. The first-order valence-corrected chi connectivity index (χ1v) is 12.3. The van der Waals surface area contributed by atoms with E-state index in [1.807, 2.05) is 73.0 Å². The lowest BCUT2D eigenvalue weighted by atomic mass is 9.93. The summed E-state index contributed by atoms with van der Waals surface area (Å²) in [7, 11) is 0. The first-order valence-electron chi connectivity index (χ1n) is 11.0. The van der Waals surface area contributed by atoms with E-state index >= 15 is 0 Å². The fourth-order valence-corrected chi connectivity index (χ4v) is 5.83. The van der Waals surface area contributed by atoms with E-state index in [0.29, 0.717) is 27.2 Å². The summed E-state index contributed by atoms with van der Waals surface area (Å²) in [5, 5.41) is 13.6. The van der Waals surface area contributed by atoms with Crippen LogP contribution in [0, 0.1) is 0 Å². The first kappa shape index (κ1) is 23.7. The number of nitrogens with zero attached hydrogens (tertiary/aromatic N) is 3. The lowest BCUT2D eigenvalue weighted by molar-refractivity contribution is -0.140. The van der Waals surface area contributed by atoms with E-state index < -0.39 is 17.9 Å². The van der Waals surface area contributed by atoms with E-state index in [0.717, 1.165) is 11.3 Å². The molecule has 0 amide bonds. The van der Waals surface area contributed by atoms with Gasteiger partial charge in [-0.2, -0.15) is 0 Å². The molecule has 4 rings (SSSR count). The van der Waals surface area contributed by atoms with Crippen LogP contribution in [0.4, 0.5) is 5.69 Å². The van der Waals surface area contributed by atoms with Crippen molar-refractivity contribution in [2.75, 3.05) is 17.3 Å². The Balaban J connectivity index is 1.90. The standard InChI is InChI=1S/C25H28ClN3O3S/c1-5-32-23(30)21-17(4)27-24-29(22(21)18-11-13-19(26)14-12-18)25(31,15-33-24)28(16(2)3)20-9-7-6-8-10-20/h6-14,16,22,31H,5,15H2,1-4H3/t22-,25+/m1/s1. The molecule has 0 unspecified atom stereocenters. The van der Waals surface area contributed by atoms with E-state index in [2.05, 4.69) is 0 Å². The van der Waals surface area contributed by atoms with Gasteiger partial charge in [0.2, 0.25) is 5.85 Å². The van der Waals surface area contributed by atoms with E-state index in [1.165, 1.54) is 11.8 Å². The summed E-state index contributed by atoms with van der Waals surface area (Å²) in [4.78, 5) is 21.7. The number of rotatable bonds is 6. The Bertz CT molecular complexity index is 1090. The van der Waals surface area contributed by atoms with Crippen molar-refractivity contribution in [3.8, 4) is 0 Å². The Morgan fingerprint density at radius 3 is 2.55 bits per heavy atom. The molecule has 2 aliphatic rings. The molecule has 2 aromatic rings. The van der Waals surface area contributed by atoms with Gasteiger partial charge in [0.15, 0.2) is 5.17 Å². The molecule has 8 heteroatoms. The Morgan fingerprint density at radius 1 is 1.27 bits per heavy atom. The van der Waals surface area contributed by atoms with Gasteiger partial charge in [-0.05, 0) is 57.5 Å². The number of carbonyl (C=O) groups excluding carboxylic acids is 1. The molecule has 0 spiro atoms. The Hall–Kier alpha value is -2.48. The lowest BCUT2D eigenvalue weighted by Crippen LogP contribution is -2.64. The minimum Gasteiger partial charge on any atom is -0.463 e. The van der Waals surface area contributed by atoms with Crippen molar-refractivity contribution in [2.24, 2.45) is 4.99 Å². The van der Waals surface area contributed by atoms with Gasteiger partial charge in [0, 0.05) is 16.8 Å². The monoisotopic (exact) mass is 485 g/mol. The first-order chi connectivity index (χ1) is 15.8. The molecule has 1 fully saturated rings. The van der Waals surface area contributed by atoms with Crippen LogP contribution in [-0.2, 0) is 9.53 Å². The van der Waals surface area contributed by atoms with E-state index in [-0.39, 0.29) is 12.6 Å². The van der Waals surface area contributed by atoms with E-state index in [1.54, 1.807) is 19.1 Å². The molecule has 0 saturated carbocycles. The summed E-state index contributed by atoms with van der Waals surface area (Å²) >= 11 is 7.64. The van der Waals surface area contributed by atoms with Gasteiger partial charge in [-0.15, -0.1) is 0 Å². The van der Waals surface area contributed by atoms with E-state index in [9.17, 15) is 9.90 Å². The molecule has 1 saturated heterocycles. The van der Waals surface area contributed by atoms with Crippen LogP contribution < -0.4 is 4.90 Å². The third kappa shape index (κ3) is 4.25. The van der Waals surface area contributed by atoms with Crippen molar-refractivity contribution in [3.05, 3.63) is 76.5 Å². The number of fused-ring (bicyclic) bond motifs is 1. The highest BCUT2D eigenvalue weighted by atomic mass is 35.5. The van der Waals surface area contributed by atoms with Crippen LogP contribution in [0.25, 0.3) is 0 Å². The number of allylic oxidation sites excluding steroid dienone is 1. The average molecular weight is 486 g/mol. The van der Waals surface area contributed by atoms with Crippen LogP contribution in [0.3, 0.4) is 0 Å². The van der Waals surface area contributed by atoms with Gasteiger partial charge in [-0.3, -0.25) is 4.90 Å². The maximum atomic E-state index is 13.1. The maximum absolute atomic E-state index is 13.1. The third-order valence-electron chi connectivity index (χ3n) is 5.79. The molecule has 1 N–H and O–H groups in total. The molecule has 0 aliphatic carbocycles. The minimum absolute atomic E-state index is 0.0266. The predicted molar refractivity (Wildman–Crippen MR) is 134 cm³/mol. The number of aliphatic hydroxyl groups is 1. The topological polar surface area (TPSA) is 65.4 Å². The smallest absolute Gasteiger partial charge is 0.338 e. The second-order valence-corrected chi connectivity index (χ2v) is 9.68. The molecule has 0 bridgehead atoms. The summed E-state index contributed by atoms with van der Waals surface area (Å²) in [6, 6.07) is 16.5. The number of amidine groups is 1. The number of ether oxygens (including phenoxy) is 1. The summed E-state index contributed by atoms with van der Waals surface area (Å²) in [6.45, 7) is 7.93. The van der Waals surface area contributed by atoms with Gasteiger partial charge in [0.25, 0.3) is 0 Å². The van der Waals surface area contributed by atoms with Crippen LogP contribution >= 0.6 is 23.4 Å². The average Bonchev–Trinajstić information content (AvgIpc) is 3.10. The maximum Gasteiger partial charge on any atom is 0.338 e. The summed E-state index contributed by atoms with van der Waals surface area (Å²) in [5.74, 6) is -1.50. The number of anilines is 1. The Labute approximate surface area is 203 Å². The normalized spacial score (nSPS) is 22.3. The zero-order valence-corrected chi connectivity index (χ0v) is 20.7. The number of carbonyl (C=O) groups is 1. The van der Waals surface area contributed by atoms with Gasteiger partial charge in [0.05, 0.1) is 29.7 Å².